The fourth-order valence-corrected chi connectivity index (χ4v) is 0.930. The van der Waals surface area contributed by atoms with Crippen LogP contribution in [0.5, 0.6) is 0 Å². The first-order valence-electron chi connectivity index (χ1n) is 4.60. The zero-order chi connectivity index (χ0) is 9.23. The first-order valence-corrected chi connectivity index (χ1v) is 4.60. The van der Waals surface area contributed by atoms with E-state index in [0.717, 1.165) is 26.1 Å². The summed E-state index contributed by atoms with van der Waals surface area (Å²) in [5.74, 6) is 0. The molecule has 1 atom stereocenters. The molecule has 0 aliphatic heterocycles. The number of hydrogen-bond donors (Lipinski definition) is 4. The van der Waals surface area contributed by atoms with Crippen LogP contribution >= 0.6 is 0 Å². The zero-order valence-electron chi connectivity index (χ0n) is 7.84. The highest BCUT2D eigenvalue weighted by molar-refractivity contribution is 4.63. The van der Waals surface area contributed by atoms with E-state index in [-0.39, 0.29) is 12.6 Å². The van der Waals surface area contributed by atoms with Crippen molar-refractivity contribution in [1.29, 1.82) is 0 Å². The number of rotatable bonds is 8. The van der Waals surface area contributed by atoms with Gasteiger partial charge in [-0.05, 0) is 6.42 Å². The summed E-state index contributed by atoms with van der Waals surface area (Å²) < 4.78 is 0. The van der Waals surface area contributed by atoms with Gasteiger partial charge in [-0.2, -0.15) is 0 Å². The molecule has 0 amide bonds. The fourth-order valence-electron chi connectivity index (χ4n) is 0.930. The summed E-state index contributed by atoms with van der Waals surface area (Å²) >= 11 is 0. The van der Waals surface area contributed by atoms with E-state index >= 15 is 0 Å². The van der Waals surface area contributed by atoms with Crippen molar-refractivity contribution in [2.45, 2.75) is 19.4 Å². The van der Waals surface area contributed by atoms with Gasteiger partial charge in [0.1, 0.15) is 0 Å². The Bertz CT molecular complexity index is 86.4. The van der Waals surface area contributed by atoms with Gasteiger partial charge in [0, 0.05) is 32.2 Å². The lowest BCUT2D eigenvalue weighted by Gasteiger charge is -2.13. The van der Waals surface area contributed by atoms with Crippen molar-refractivity contribution in [3.8, 4) is 0 Å². The number of nitrogens with one attached hydrogen (secondary N) is 2. The quantitative estimate of drug-likeness (QED) is 0.353. The Kier molecular flexibility index (Phi) is 8.81. The normalized spacial score (nSPS) is 13.2. The van der Waals surface area contributed by atoms with Crippen LogP contribution in [-0.2, 0) is 0 Å². The third kappa shape index (κ3) is 6.54. The highest BCUT2D eigenvalue weighted by Crippen LogP contribution is 1.86. The van der Waals surface area contributed by atoms with Gasteiger partial charge in [-0.1, -0.05) is 6.92 Å². The maximum Gasteiger partial charge on any atom is 0.0584 e. The molecule has 0 radical (unpaired) electrons. The summed E-state index contributed by atoms with van der Waals surface area (Å²) in [5, 5.41) is 15.2. The van der Waals surface area contributed by atoms with Gasteiger partial charge in [-0.15, -0.1) is 0 Å². The van der Waals surface area contributed by atoms with E-state index < -0.39 is 0 Å². The van der Waals surface area contributed by atoms with Crippen LogP contribution in [0.2, 0.25) is 0 Å². The molecule has 0 saturated heterocycles. The highest BCUT2D eigenvalue weighted by Gasteiger charge is 2.00. The molecule has 0 heterocycles. The number of aliphatic hydroxyl groups excluding tert-OH is 1. The molecule has 0 fully saturated rings. The van der Waals surface area contributed by atoms with Gasteiger partial charge in [-0.3, -0.25) is 0 Å². The molecular formula is C8H21N3O. The van der Waals surface area contributed by atoms with Crippen molar-refractivity contribution in [2.75, 3.05) is 32.8 Å². The topological polar surface area (TPSA) is 70.3 Å². The standard InChI is InChI=1S/C8H21N3O/c1-2-8(7-12)11-6-5-10-4-3-9/h8,10-12H,2-7,9H2,1H3. The van der Waals surface area contributed by atoms with Crippen LogP contribution < -0.4 is 16.4 Å². The maximum absolute atomic E-state index is 8.83. The molecule has 12 heavy (non-hydrogen) atoms. The van der Waals surface area contributed by atoms with Gasteiger partial charge in [-0.25, -0.2) is 0 Å². The number of aliphatic hydroxyl groups is 1. The average molecular weight is 175 g/mol. The summed E-state index contributed by atoms with van der Waals surface area (Å²) in [4.78, 5) is 0. The Labute approximate surface area is 74.5 Å². The molecule has 5 N–H and O–H groups in total. The van der Waals surface area contributed by atoms with Crippen LogP contribution in [0.15, 0.2) is 0 Å². The third-order valence-electron chi connectivity index (χ3n) is 1.77. The van der Waals surface area contributed by atoms with Crippen molar-refractivity contribution in [2.24, 2.45) is 5.73 Å². The summed E-state index contributed by atoms with van der Waals surface area (Å²) in [6, 6.07) is 0.240. The predicted molar refractivity (Wildman–Crippen MR) is 51.1 cm³/mol. The van der Waals surface area contributed by atoms with Crippen LogP contribution in [0.1, 0.15) is 13.3 Å². The largest absolute Gasteiger partial charge is 0.395 e. The molecule has 0 aromatic carbocycles. The second-order valence-electron chi connectivity index (χ2n) is 2.78. The molecule has 0 aromatic heterocycles. The van der Waals surface area contributed by atoms with Gasteiger partial charge >= 0.3 is 0 Å². The van der Waals surface area contributed by atoms with Crippen molar-refractivity contribution in [3.63, 3.8) is 0 Å². The molecule has 0 bridgehead atoms. The van der Waals surface area contributed by atoms with Crippen molar-refractivity contribution in [3.05, 3.63) is 0 Å². The maximum atomic E-state index is 8.83. The number of nitrogens with two attached hydrogens (primary N) is 1. The van der Waals surface area contributed by atoms with Crippen molar-refractivity contribution < 1.29 is 5.11 Å². The Morgan fingerprint density at radius 2 is 2.08 bits per heavy atom. The SMILES string of the molecule is CCC(CO)NCCNCCN. The molecule has 4 nitrogen and oxygen atoms in total. The lowest BCUT2D eigenvalue weighted by molar-refractivity contribution is 0.239. The van der Waals surface area contributed by atoms with E-state index in [4.69, 9.17) is 10.8 Å². The minimum absolute atomic E-state index is 0.216. The van der Waals surface area contributed by atoms with Crippen LogP contribution in [0.3, 0.4) is 0 Å². The van der Waals surface area contributed by atoms with Crippen LogP contribution in [0, 0.1) is 0 Å². The summed E-state index contributed by atoms with van der Waals surface area (Å²) in [5.41, 5.74) is 5.30. The second kappa shape index (κ2) is 8.93. The average Bonchev–Trinajstić information content (AvgIpc) is 2.11. The van der Waals surface area contributed by atoms with Gasteiger partial charge in [0.05, 0.1) is 6.61 Å². The number of hydrogen-bond acceptors (Lipinski definition) is 4. The molecule has 74 valence electrons. The van der Waals surface area contributed by atoms with Gasteiger partial charge in [0.15, 0.2) is 0 Å². The summed E-state index contributed by atoms with van der Waals surface area (Å²) in [6.45, 7) is 5.61. The molecule has 4 heteroatoms. The van der Waals surface area contributed by atoms with Gasteiger partial charge in [0.25, 0.3) is 0 Å². The first kappa shape index (κ1) is 11.8. The highest BCUT2D eigenvalue weighted by atomic mass is 16.3. The lowest BCUT2D eigenvalue weighted by Crippen LogP contribution is -2.37. The predicted octanol–water partition coefficient (Wildman–Crippen LogP) is -1.10. The zero-order valence-corrected chi connectivity index (χ0v) is 7.84. The van der Waals surface area contributed by atoms with Crippen molar-refractivity contribution >= 4 is 0 Å². The minimum Gasteiger partial charge on any atom is -0.395 e. The first-order chi connectivity index (χ1) is 5.85. The van der Waals surface area contributed by atoms with E-state index in [2.05, 4.69) is 17.6 Å². The van der Waals surface area contributed by atoms with Crippen LogP contribution in [-0.4, -0.2) is 43.9 Å². The van der Waals surface area contributed by atoms with E-state index in [1.807, 2.05) is 0 Å². The lowest BCUT2D eigenvalue weighted by atomic mass is 10.2. The Morgan fingerprint density at radius 1 is 1.33 bits per heavy atom. The van der Waals surface area contributed by atoms with Crippen LogP contribution in [0.4, 0.5) is 0 Å². The minimum atomic E-state index is 0.216. The molecular weight excluding hydrogens is 154 g/mol. The summed E-state index contributed by atoms with van der Waals surface area (Å²) in [7, 11) is 0. The smallest absolute Gasteiger partial charge is 0.0584 e. The molecule has 0 aliphatic carbocycles. The molecule has 0 saturated carbocycles. The van der Waals surface area contributed by atoms with E-state index in [1.165, 1.54) is 0 Å². The Hall–Kier alpha value is -0.160. The van der Waals surface area contributed by atoms with Gasteiger partial charge in [0.2, 0.25) is 0 Å². The van der Waals surface area contributed by atoms with E-state index in [9.17, 15) is 0 Å². The fraction of sp³-hybridized carbons (Fsp3) is 1.00. The van der Waals surface area contributed by atoms with Gasteiger partial charge < -0.3 is 21.5 Å². The van der Waals surface area contributed by atoms with Crippen LogP contribution in [0.25, 0.3) is 0 Å². The van der Waals surface area contributed by atoms with E-state index in [0.29, 0.717) is 6.54 Å². The Morgan fingerprint density at radius 3 is 2.58 bits per heavy atom. The summed E-state index contributed by atoms with van der Waals surface area (Å²) in [6.07, 6.45) is 0.966. The molecule has 0 aromatic rings. The molecule has 1 unspecified atom stereocenters. The Balaban J connectivity index is 3.06. The second-order valence-corrected chi connectivity index (χ2v) is 2.78. The third-order valence-corrected chi connectivity index (χ3v) is 1.77. The van der Waals surface area contributed by atoms with E-state index in [1.54, 1.807) is 0 Å². The molecule has 0 spiro atoms. The van der Waals surface area contributed by atoms with Crippen molar-refractivity contribution in [1.82, 2.24) is 10.6 Å². The molecule has 0 rings (SSSR count). The molecule has 0 aliphatic rings. The monoisotopic (exact) mass is 175 g/mol.